The zero-order chi connectivity index (χ0) is 17.7. The van der Waals surface area contributed by atoms with Gasteiger partial charge in [0.1, 0.15) is 0 Å². The van der Waals surface area contributed by atoms with Crippen LogP contribution >= 0.6 is 0 Å². The highest BCUT2D eigenvalue weighted by Crippen LogP contribution is 2.20. The first kappa shape index (κ1) is 17.7. The van der Waals surface area contributed by atoms with Crippen LogP contribution in [0.1, 0.15) is 19.8 Å². The third-order valence-electron chi connectivity index (χ3n) is 3.47. The number of aromatic nitrogens is 1. The molecular weight excluding hydrogens is 318 g/mol. The number of ether oxygens (including phenoxy) is 1. The van der Waals surface area contributed by atoms with Gasteiger partial charge in [0, 0.05) is 32.2 Å². The Balaban J connectivity index is 2.00. The maximum atomic E-state index is 11.9. The summed E-state index contributed by atoms with van der Waals surface area (Å²) < 4.78 is 11.3. The third-order valence-corrected chi connectivity index (χ3v) is 3.47. The number of aryl methyl sites for hydroxylation is 1. The van der Waals surface area contributed by atoms with E-state index in [1.54, 1.807) is 7.11 Å². The van der Waals surface area contributed by atoms with Gasteiger partial charge in [0.2, 0.25) is 5.91 Å². The lowest BCUT2D eigenvalue weighted by atomic mass is 10.2. The molecule has 9 nitrogen and oxygen atoms in total. The number of carbonyl (C=O) groups is 1. The number of nitrogens with zero attached hydrogens (tertiary/aromatic N) is 2. The molecule has 1 atom stereocenters. The third kappa shape index (κ3) is 4.19. The molecule has 24 heavy (non-hydrogen) atoms. The van der Waals surface area contributed by atoms with Gasteiger partial charge >= 0.3 is 5.76 Å². The number of hydrogen-bond donors (Lipinski definition) is 1. The average Bonchev–Trinajstić information content (AvgIpc) is 2.82. The van der Waals surface area contributed by atoms with E-state index in [9.17, 15) is 19.7 Å². The molecule has 0 bridgehead atoms. The number of carbonyl (C=O) groups excluding carboxylic acids is 1. The standard InChI is InChI=1S/C15H19N3O6/c1-10(9-23-2)16-14(19)4-3-7-17-12-6-5-11(18(21)22)8-13(12)24-15(17)20/h5-6,8,10H,3-4,7,9H2,1-2H3,(H,16,19). The first-order valence-corrected chi connectivity index (χ1v) is 7.48. The molecule has 2 aromatic rings. The van der Waals surface area contributed by atoms with Gasteiger partial charge in [-0.2, -0.15) is 0 Å². The first-order valence-electron chi connectivity index (χ1n) is 7.48. The summed E-state index contributed by atoms with van der Waals surface area (Å²) in [6.45, 7) is 2.55. The zero-order valence-electron chi connectivity index (χ0n) is 13.5. The number of nitro benzene ring substituents is 1. The maximum Gasteiger partial charge on any atom is 0.419 e. The Morgan fingerprint density at radius 3 is 2.92 bits per heavy atom. The van der Waals surface area contributed by atoms with Crippen molar-refractivity contribution in [3.05, 3.63) is 38.9 Å². The molecule has 9 heteroatoms. The molecule has 0 aliphatic rings. The van der Waals surface area contributed by atoms with E-state index in [1.807, 2.05) is 6.92 Å². The van der Waals surface area contributed by atoms with E-state index < -0.39 is 10.7 Å². The Bertz CT molecular complexity index is 794. The van der Waals surface area contributed by atoms with Crippen molar-refractivity contribution in [1.82, 2.24) is 9.88 Å². The van der Waals surface area contributed by atoms with Crippen LogP contribution in [0.2, 0.25) is 0 Å². The van der Waals surface area contributed by atoms with Gasteiger partial charge < -0.3 is 14.5 Å². The summed E-state index contributed by atoms with van der Waals surface area (Å²) in [6.07, 6.45) is 0.692. The molecule has 0 saturated carbocycles. The van der Waals surface area contributed by atoms with Gasteiger partial charge in [0.25, 0.3) is 5.69 Å². The second-order valence-electron chi connectivity index (χ2n) is 5.46. The molecule has 2 rings (SSSR count). The summed E-state index contributed by atoms with van der Waals surface area (Å²) in [6, 6.07) is 3.92. The minimum absolute atomic E-state index is 0.0828. The van der Waals surface area contributed by atoms with Crippen LogP contribution in [0, 0.1) is 10.1 Å². The number of nitro groups is 1. The second-order valence-corrected chi connectivity index (χ2v) is 5.46. The Morgan fingerprint density at radius 1 is 1.50 bits per heavy atom. The highest BCUT2D eigenvalue weighted by molar-refractivity contribution is 5.77. The molecule has 0 fully saturated rings. The predicted octanol–water partition coefficient (Wildman–Crippen LogP) is 1.43. The smallest absolute Gasteiger partial charge is 0.407 e. The topological polar surface area (TPSA) is 117 Å². The fraction of sp³-hybridized carbons (Fsp3) is 0.467. The van der Waals surface area contributed by atoms with Crippen molar-refractivity contribution in [1.29, 1.82) is 0 Å². The molecule has 1 N–H and O–H groups in total. The molecule has 1 heterocycles. The number of rotatable bonds is 8. The van der Waals surface area contributed by atoms with E-state index in [1.165, 1.54) is 22.8 Å². The van der Waals surface area contributed by atoms with E-state index in [0.717, 1.165) is 0 Å². The minimum Gasteiger partial charge on any atom is -0.407 e. The maximum absolute atomic E-state index is 11.9. The summed E-state index contributed by atoms with van der Waals surface area (Å²) in [5.41, 5.74) is 0.487. The number of methoxy groups -OCH3 is 1. The van der Waals surface area contributed by atoms with Gasteiger partial charge in [-0.15, -0.1) is 0 Å². The van der Waals surface area contributed by atoms with E-state index in [4.69, 9.17) is 9.15 Å². The monoisotopic (exact) mass is 337 g/mol. The van der Waals surface area contributed by atoms with Crippen LogP contribution in [0.3, 0.4) is 0 Å². The number of nitrogens with one attached hydrogen (secondary N) is 1. The van der Waals surface area contributed by atoms with E-state index >= 15 is 0 Å². The number of amides is 1. The van der Waals surface area contributed by atoms with Crippen LogP contribution in [0.15, 0.2) is 27.4 Å². The van der Waals surface area contributed by atoms with Crippen LogP contribution in [-0.4, -0.2) is 35.2 Å². The fourth-order valence-corrected chi connectivity index (χ4v) is 2.42. The average molecular weight is 337 g/mol. The number of oxazole rings is 1. The molecular formula is C15H19N3O6. The summed E-state index contributed by atoms with van der Waals surface area (Å²) in [5, 5.41) is 13.5. The van der Waals surface area contributed by atoms with Crippen molar-refractivity contribution in [2.45, 2.75) is 32.4 Å². The lowest BCUT2D eigenvalue weighted by molar-refractivity contribution is -0.384. The predicted molar refractivity (Wildman–Crippen MR) is 85.8 cm³/mol. The van der Waals surface area contributed by atoms with Crippen LogP contribution in [0.25, 0.3) is 11.1 Å². The first-order chi connectivity index (χ1) is 11.4. The minimum atomic E-state index is -0.598. The largest absolute Gasteiger partial charge is 0.419 e. The van der Waals surface area contributed by atoms with Gasteiger partial charge in [0.15, 0.2) is 5.58 Å². The van der Waals surface area contributed by atoms with Crippen molar-refractivity contribution < 1.29 is 18.9 Å². The van der Waals surface area contributed by atoms with Crippen molar-refractivity contribution >= 4 is 22.7 Å². The molecule has 1 unspecified atom stereocenters. The van der Waals surface area contributed by atoms with Gasteiger partial charge in [-0.3, -0.25) is 19.5 Å². The molecule has 1 aromatic carbocycles. The molecule has 1 amide bonds. The number of benzene rings is 1. The summed E-state index contributed by atoms with van der Waals surface area (Å²) in [7, 11) is 1.56. The Labute approximate surface area is 137 Å². The number of non-ortho nitro benzene ring substituents is 1. The van der Waals surface area contributed by atoms with Gasteiger partial charge in [-0.05, 0) is 19.4 Å². The van der Waals surface area contributed by atoms with Crippen molar-refractivity contribution in [2.75, 3.05) is 13.7 Å². The number of fused-ring (bicyclic) bond motifs is 1. The van der Waals surface area contributed by atoms with Crippen molar-refractivity contribution in [2.24, 2.45) is 0 Å². The lowest BCUT2D eigenvalue weighted by Crippen LogP contribution is -2.35. The van der Waals surface area contributed by atoms with Crippen LogP contribution < -0.4 is 11.1 Å². The van der Waals surface area contributed by atoms with E-state index in [2.05, 4.69) is 5.32 Å². The Morgan fingerprint density at radius 2 is 2.25 bits per heavy atom. The normalized spacial score (nSPS) is 12.2. The lowest BCUT2D eigenvalue weighted by Gasteiger charge is -2.12. The molecule has 0 radical (unpaired) electrons. The molecule has 0 spiro atoms. The Hall–Kier alpha value is -2.68. The van der Waals surface area contributed by atoms with Gasteiger partial charge in [-0.25, -0.2) is 4.79 Å². The zero-order valence-corrected chi connectivity index (χ0v) is 13.5. The highest BCUT2D eigenvalue weighted by atomic mass is 16.6. The van der Waals surface area contributed by atoms with Crippen molar-refractivity contribution in [3.8, 4) is 0 Å². The molecule has 0 aliphatic carbocycles. The van der Waals surface area contributed by atoms with Crippen molar-refractivity contribution in [3.63, 3.8) is 0 Å². The SMILES string of the molecule is COCC(C)NC(=O)CCCn1c(=O)oc2cc([N+](=O)[O-])ccc21. The molecule has 0 aliphatic heterocycles. The van der Waals surface area contributed by atoms with Gasteiger partial charge in [0.05, 0.1) is 23.1 Å². The van der Waals surface area contributed by atoms with E-state index in [-0.39, 0.29) is 36.2 Å². The van der Waals surface area contributed by atoms with E-state index in [0.29, 0.717) is 18.5 Å². The summed E-state index contributed by atoms with van der Waals surface area (Å²) >= 11 is 0. The Kier molecular flexibility index (Phi) is 5.69. The van der Waals surface area contributed by atoms with Crippen LogP contribution in [0.4, 0.5) is 5.69 Å². The molecule has 0 saturated heterocycles. The fourth-order valence-electron chi connectivity index (χ4n) is 2.42. The quantitative estimate of drug-likeness (QED) is 0.575. The molecule has 130 valence electrons. The summed E-state index contributed by atoms with van der Waals surface area (Å²) in [5.74, 6) is -0.727. The second kappa shape index (κ2) is 7.73. The number of hydrogen-bond acceptors (Lipinski definition) is 6. The highest BCUT2D eigenvalue weighted by Gasteiger charge is 2.14. The van der Waals surface area contributed by atoms with Gasteiger partial charge in [-0.1, -0.05) is 0 Å². The molecule has 1 aromatic heterocycles. The van der Waals surface area contributed by atoms with Crippen LogP contribution in [-0.2, 0) is 16.1 Å². The summed E-state index contributed by atoms with van der Waals surface area (Å²) in [4.78, 5) is 33.8. The van der Waals surface area contributed by atoms with Crippen LogP contribution in [0.5, 0.6) is 0 Å².